The molecule has 0 bridgehead atoms. The Morgan fingerprint density at radius 2 is 1.73 bits per heavy atom. The smallest absolute Gasteiger partial charge is 0.330 e. The topological polar surface area (TPSA) is 159 Å². The number of fused-ring (bicyclic) bond motifs is 1. The maximum atomic E-state index is 14.5. The monoisotopic (exact) mass is 705 g/mol. The van der Waals surface area contributed by atoms with Crippen LogP contribution in [0.1, 0.15) is 33.6 Å². The number of nitrogens with zero attached hydrogens (tertiary/aromatic N) is 2. The van der Waals surface area contributed by atoms with E-state index in [0.717, 1.165) is 10.9 Å². The molecule has 2 aliphatic rings. The number of amides is 3. The molecule has 2 fully saturated rings. The van der Waals surface area contributed by atoms with E-state index in [4.69, 9.17) is 14.5 Å². The third-order valence-electron chi connectivity index (χ3n) is 9.68. The predicted molar refractivity (Wildman–Crippen MR) is 198 cm³/mol. The van der Waals surface area contributed by atoms with E-state index in [1.165, 1.54) is 17.9 Å². The lowest BCUT2D eigenvalue weighted by Crippen LogP contribution is -2.55. The number of ether oxygens (including phenoxy) is 2. The first kappa shape index (κ1) is 35.9. The molecule has 1 aliphatic heterocycles. The minimum Gasteiger partial charge on any atom is -0.497 e. The average molecular weight is 706 g/mol. The molecule has 270 valence electrons. The number of pyridine rings is 1. The quantitative estimate of drug-likeness (QED) is 0.132. The number of aliphatic carboxylic acids is 1. The number of likely N-dealkylation sites (tertiary alicyclic amines) is 1. The molecule has 1 aliphatic carbocycles. The third kappa shape index (κ3) is 7.41. The number of carboxylic acid groups (broad SMARTS) is 1. The maximum Gasteiger partial charge on any atom is 0.330 e. The van der Waals surface area contributed by atoms with Crippen LogP contribution in [0.2, 0.25) is 0 Å². The zero-order valence-electron chi connectivity index (χ0n) is 29.6. The molecule has 1 saturated carbocycles. The van der Waals surface area contributed by atoms with Crippen LogP contribution < -0.4 is 25.4 Å². The minimum atomic E-state index is -1.47. The summed E-state index contributed by atoms with van der Waals surface area (Å²) in [7, 11) is 1.59. The molecule has 3 aromatic carbocycles. The molecular weight excluding hydrogens is 662 g/mol. The van der Waals surface area contributed by atoms with Crippen molar-refractivity contribution in [1.82, 2.24) is 15.2 Å². The first-order chi connectivity index (χ1) is 24.9. The highest BCUT2D eigenvalue weighted by atomic mass is 16.5. The largest absolute Gasteiger partial charge is 0.497 e. The van der Waals surface area contributed by atoms with Crippen molar-refractivity contribution in [3.8, 4) is 22.8 Å². The normalized spacial score (nSPS) is 21.2. The number of methoxy groups -OCH3 is 1. The molecule has 0 spiro atoms. The lowest BCUT2D eigenvalue weighted by atomic mass is 10.0. The summed E-state index contributed by atoms with van der Waals surface area (Å²) in [5.74, 6) is -1.70. The highest BCUT2D eigenvalue weighted by Gasteiger charge is 2.61. The van der Waals surface area contributed by atoms with E-state index in [9.17, 15) is 24.3 Å². The lowest BCUT2D eigenvalue weighted by Gasteiger charge is -2.31. The molecule has 6 rings (SSSR count). The second kappa shape index (κ2) is 14.7. The number of hydrogen-bond acceptors (Lipinski definition) is 8. The summed E-state index contributed by atoms with van der Waals surface area (Å²) in [5, 5.41) is 19.6. The van der Waals surface area contributed by atoms with Crippen molar-refractivity contribution in [2.24, 2.45) is 11.8 Å². The number of anilines is 2. The number of carbonyl (C=O) groups is 4. The number of hydrogen-bond donors (Lipinski definition) is 4. The fraction of sp³-hybridized carbons (Fsp3) is 0.325. The van der Waals surface area contributed by atoms with Gasteiger partial charge < -0.3 is 35.4 Å². The molecule has 1 aromatic heterocycles. The summed E-state index contributed by atoms with van der Waals surface area (Å²) in [6.07, 6.45) is 1.26. The van der Waals surface area contributed by atoms with Gasteiger partial charge in [-0.2, -0.15) is 0 Å². The van der Waals surface area contributed by atoms with Crippen LogP contribution in [0.4, 0.5) is 11.4 Å². The van der Waals surface area contributed by atoms with E-state index < -0.39 is 41.5 Å². The Balaban J connectivity index is 1.32. The third-order valence-corrected chi connectivity index (χ3v) is 9.68. The molecule has 4 N–H and O–H groups in total. The summed E-state index contributed by atoms with van der Waals surface area (Å²) in [6, 6.07) is 22.3. The van der Waals surface area contributed by atoms with Crippen LogP contribution in [0, 0.1) is 11.8 Å². The average Bonchev–Trinajstić information content (AvgIpc) is 3.70. The zero-order chi connectivity index (χ0) is 37.2. The van der Waals surface area contributed by atoms with Crippen molar-refractivity contribution in [3.05, 3.63) is 91.5 Å². The molecule has 1 saturated heterocycles. The molecule has 4 aromatic rings. The van der Waals surface area contributed by atoms with Crippen LogP contribution in [0.25, 0.3) is 22.2 Å². The maximum absolute atomic E-state index is 14.5. The van der Waals surface area contributed by atoms with Gasteiger partial charge in [0.25, 0.3) is 0 Å². The Kier molecular flexibility index (Phi) is 10.2. The number of rotatable bonds is 13. The van der Waals surface area contributed by atoms with Crippen LogP contribution in [0.3, 0.4) is 0 Å². The Hall–Kier alpha value is -5.91. The van der Waals surface area contributed by atoms with Gasteiger partial charge in [-0.25, -0.2) is 9.78 Å². The second-order valence-electron chi connectivity index (χ2n) is 13.7. The van der Waals surface area contributed by atoms with Crippen LogP contribution in [0.15, 0.2) is 91.5 Å². The molecule has 52 heavy (non-hydrogen) atoms. The molecule has 1 unspecified atom stereocenters. The van der Waals surface area contributed by atoms with Crippen molar-refractivity contribution >= 4 is 46.0 Å². The summed E-state index contributed by atoms with van der Waals surface area (Å²) in [4.78, 5) is 58.7. The van der Waals surface area contributed by atoms with Gasteiger partial charge in [-0.3, -0.25) is 14.4 Å². The SMILES string of the molecule is C=C[C@H]1CC1(NC(=O)[C@@H]1C[C@@H](Oc2cc(-c3ccccc3)nc3cc(OC)ccc23)CN1C(=O)[C@@H](Nc1ccc(NC(C)=O)cc1)C(C)C)C(=O)O. The van der Waals surface area contributed by atoms with Crippen molar-refractivity contribution in [2.75, 3.05) is 24.3 Å². The van der Waals surface area contributed by atoms with E-state index in [-0.39, 0.29) is 37.1 Å². The number of carbonyl (C=O) groups excluding carboxylic acids is 3. The highest BCUT2D eigenvalue weighted by molar-refractivity contribution is 5.96. The van der Waals surface area contributed by atoms with E-state index in [1.807, 2.05) is 68.4 Å². The van der Waals surface area contributed by atoms with Crippen molar-refractivity contribution in [3.63, 3.8) is 0 Å². The van der Waals surface area contributed by atoms with Gasteiger partial charge in [0.2, 0.25) is 17.7 Å². The first-order valence-electron chi connectivity index (χ1n) is 17.3. The van der Waals surface area contributed by atoms with Crippen LogP contribution in [-0.2, 0) is 19.2 Å². The van der Waals surface area contributed by atoms with Gasteiger partial charge in [0.1, 0.15) is 35.2 Å². The van der Waals surface area contributed by atoms with Gasteiger partial charge in [-0.05, 0) is 48.7 Å². The van der Waals surface area contributed by atoms with E-state index in [2.05, 4.69) is 22.5 Å². The summed E-state index contributed by atoms with van der Waals surface area (Å²) < 4.78 is 12.1. The van der Waals surface area contributed by atoms with E-state index in [0.29, 0.717) is 34.1 Å². The Labute approximate surface area is 302 Å². The van der Waals surface area contributed by atoms with Crippen molar-refractivity contribution in [1.29, 1.82) is 0 Å². The van der Waals surface area contributed by atoms with Crippen LogP contribution >= 0.6 is 0 Å². The highest BCUT2D eigenvalue weighted by Crippen LogP contribution is 2.45. The fourth-order valence-corrected chi connectivity index (χ4v) is 6.76. The molecule has 5 atom stereocenters. The molecule has 12 nitrogen and oxygen atoms in total. The van der Waals surface area contributed by atoms with Gasteiger partial charge in [-0.15, -0.1) is 6.58 Å². The molecule has 12 heteroatoms. The lowest BCUT2D eigenvalue weighted by molar-refractivity contribution is -0.145. The van der Waals surface area contributed by atoms with Gasteiger partial charge in [0.05, 0.1) is 24.9 Å². The molecule has 0 radical (unpaired) electrons. The number of benzene rings is 3. The molecule has 2 heterocycles. The summed E-state index contributed by atoms with van der Waals surface area (Å²) in [5.41, 5.74) is 2.01. The first-order valence-corrected chi connectivity index (χ1v) is 17.3. The van der Waals surface area contributed by atoms with Gasteiger partial charge in [0, 0.05) is 53.7 Å². The summed E-state index contributed by atoms with van der Waals surface area (Å²) >= 11 is 0. The zero-order valence-corrected chi connectivity index (χ0v) is 29.6. The van der Waals surface area contributed by atoms with Crippen LogP contribution in [-0.4, -0.2) is 76.1 Å². The Morgan fingerprint density at radius 3 is 2.35 bits per heavy atom. The standard InChI is InChI=1S/C40H43N5O7/c1-6-26-21-40(26,39(49)50)44-37(47)34-19-30(22-45(34)38(48)36(23(2)3)42-28-14-12-27(13-15-28)41-24(4)46)52-35-20-32(25-10-8-7-9-11-25)43-33-18-29(51-5)16-17-31(33)35/h6-18,20,23,26,30,34,36,42H,1,19,21-22H2,2-5H3,(H,41,46)(H,44,47)(H,49,50)/t26-,30+,34-,36-,40?/m0/s1. The predicted octanol–water partition coefficient (Wildman–Crippen LogP) is 5.50. The molecular formula is C40H43N5O7. The van der Waals surface area contributed by atoms with E-state index in [1.54, 1.807) is 31.4 Å². The Morgan fingerprint density at radius 1 is 1.02 bits per heavy atom. The number of nitrogens with one attached hydrogen (secondary N) is 3. The van der Waals surface area contributed by atoms with E-state index >= 15 is 0 Å². The van der Waals surface area contributed by atoms with Crippen molar-refractivity contribution < 1.29 is 33.8 Å². The number of aromatic nitrogens is 1. The number of carboxylic acids is 1. The fourth-order valence-electron chi connectivity index (χ4n) is 6.76. The minimum absolute atomic E-state index is 0.0783. The Bertz CT molecular complexity index is 2000. The van der Waals surface area contributed by atoms with Crippen molar-refractivity contribution in [2.45, 2.75) is 57.3 Å². The van der Waals surface area contributed by atoms with Gasteiger partial charge in [-0.1, -0.05) is 50.3 Å². The summed E-state index contributed by atoms with van der Waals surface area (Å²) in [6.45, 7) is 9.04. The molecule has 3 amide bonds. The van der Waals surface area contributed by atoms with Gasteiger partial charge in [0.15, 0.2) is 0 Å². The van der Waals surface area contributed by atoms with Gasteiger partial charge >= 0.3 is 5.97 Å². The second-order valence-corrected chi connectivity index (χ2v) is 13.7. The van der Waals surface area contributed by atoms with Crippen LogP contribution in [0.5, 0.6) is 11.5 Å².